The van der Waals surface area contributed by atoms with Gasteiger partial charge in [-0.25, -0.2) is 4.98 Å². The first kappa shape index (κ1) is 9.71. The highest BCUT2D eigenvalue weighted by Crippen LogP contribution is 2.26. The minimum absolute atomic E-state index is 1.08. The Morgan fingerprint density at radius 2 is 2.00 bits per heavy atom. The Bertz CT molecular complexity index is 420. The van der Waals surface area contributed by atoms with Gasteiger partial charge in [0.15, 0.2) is 0 Å². The van der Waals surface area contributed by atoms with Crippen molar-refractivity contribution < 1.29 is 0 Å². The first-order chi connectivity index (χ1) is 6.79. The zero-order chi connectivity index (χ0) is 9.97. The van der Waals surface area contributed by atoms with Gasteiger partial charge in [-0.1, -0.05) is 12.1 Å². The Labute approximate surface area is 91.3 Å². The second-order valence-corrected chi connectivity index (χ2v) is 4.83. The maximum absolute atomic E-state index is 5.45. The number of thiazole rings is 1. The first-order valence-corrected chi connectivity index (χ1v) is 5.89. The van der Waals surface area contributed by atoms with Crippen LogP contribution < -0.4 is 5.14 Å². The highest BCUT2D eigenvalue weighted by Gasteiger charge is 2.01. The number of nitrogens with zero attached hydrogens (tertiary/aromatic N) is 1. The van der Waals surface area contributed by atoms with E-state index in [1.165, 1.54) is 22.4 Å². The molecule has 2 nitrogen and oxygen atoms in total. The van der Waals surface area contributed by atoms with E-state index in [0.29, 0.717) is 0 Å². The summed E-state index contributed by atoms with van der Waals surface area (Å²) in [5.74, 6) is 0. The second-order valence-electron chi connectivity index (χ2n) is 2.89. The van der Waals surface area contributed by atoms with E-state index in [1.54, 1.807) is 11.3 Å². The van der Waals surface area contributed by atoms with Crippen LogP contribution in [0.3, 0.4) is 0 Å². The van der Waals surface area contributed by atoms with Crippen molar-refractivity contribution >= 4 is 23.3 Å². The molecule has 1 aromatic carbocycles. The molecule has 72 valence electrons. The smallest absolute Gasteiger partial charge is 0.0900 e. The molecular formula is C10H10N2S2. The Balaban J connectivity index is 2.33. The van der Waals surface area contributed by atoms with Gasteiger partial charge in [0.1, 0.15) is 0 Å². The molecule has 0 amide bonds. The van der Waals surface area contributed by atoms with Crippen molar-refractivity contribution in [3.8, 4) is 10.4 Å². The van der Waals surface area contributed by atoms with Crippen molar-refractivity contribution in [3.05, 3.63) is 35.5 Å². The first-order valence-electron chi connectivity index (χ1n) is 4.19. The Kier molecular flexibility index (Phi) is 2.86. The summed E-state index contributed by atoms with van der Waals surface area (Å²) in [6.45, 7) is 2.01. The lowest BCUT2D eigenvalue weighted by atomic mass is 10.2. The zero-order valence-corrected chi connectivity index (χ0v) is 9.36. The van der Waals surface area contributed by atoms with Crippen molar-refractivity contribution in [2.24, 2.45) is 5.14 Å². The van der Waals surface area contributed by atoms with Crippen LogP contribution in [0.1, 0.15) is 5.01 Å². The van der Waals surface area contributed by atoms with Crippen LogP contribution in [-0.2, 0) is 0 Å². The standard InChI is InChI=1S/C10H10N2S2/c1-7-12-6-10(13-7)8-2-4-9(14-11)5-3-8/h2-6H,11H2,1H3. The molecule has 2 N–H and O–H groups in total. The lowest BCUT2D eigenvalue weighted by Gasteiger charge is -1.98. The number of hydrogen-bond donors (Lipinski definition) is 1. The van der Waals surface area contributed by atoms with Gasteiger partial charge in [0.25, 0.3) is 0 Å². The summed E-state index contributed by atoms with van der Waals surface area (Å²) in [6, 6.07) is 8.19. The normalized spacial score (nSPS) is 10.4. The number of benzene rings is 1. The van der Waals surface area contributed by atoms with Crippen LogP contribution in [-0.4, -0.2) is 4.98 Å². The monoisotopic (exact) mass is 222 g/mol. The van der Waals surface area contributed by atoms with Crippen LogP contribution in [0, 0.1) is 6.92 Å². The SMILES string of the molecule is Cc1ncc(-c2ccc(SN)cc2)s1. The van der Waals surface area contributed by atoms with Crippen LogP contribution in [0.2, 0.25) is 0 Å². The molecule has 0 fully saturated rings. The second kappa shape index (κ2) is 4.13. The number of aryl methyl sites for hydroxylation is 1. The summed E-state index contributed by atoms with van der Waals surface area (Å²) in [5.41, 5.74) is 1.20. The topological polar surface area (TPSA) is 38.9 Å². The average Bonchev–Trinajstić information content (AvgIpc) is 2.65. The highest BCUT2D eigenvalue weighted by molar-refractivity contribution is 7.97. The van der Waals surface area contributed by atoms with Gasteiger partial charge < -0.3 is 0 Å². The Morgan fingerprint density at radius 1 is 1.29 bits per heavy atom. The molecule has 0 aliphatic heterocycles. The van der Waals surface area contributed by atoms with E-state index in [9.17, 15) is 0 Å². The lowest BCUT2D eigenvalue weighted by molar-refractivity contribution is 1.30. The number of hydrogen-bond acceptors (Lipinski definition) is 4. The summed E-state index contributed by atoms with van der Waals surface area (Å²) in [6.07, 6.45) is 1.91. The molecule has 0 aliphatic rings. The molecule has 1 heterocycles. The molecule has 4 heteroatoms. The molecule has 0 saturated carbocycles. The van der Waals surface area contributed by atoms with E-state index >= 15 is 0 Å². The summed E-state index contributed by atoms with van der Waals surface area (Å²) in [7, 11) is 0. The van der Waals surface area contributed by atoms with Crippen LogP contribution in [0.4, 0.5) is 0 Å². The third-order valence-electron chi connectivity index (χ3n) is 1.90. The van der Waals surface area contributed by atoms with Crippen molar-refractivity contribution in [1.82, 2.24) is 4.98 Å². The number of aromatic nitrogens is 1. The van der Waals surface area contributed by atoms with Gasteiger partial charge in [-0.3, -0.25) is 5.14 Å². The molecule has 0 spiro atoms. The van der Waals surface area contributed by atoms with Crippen molar-refractivity contribution in [3.63, 3.8) is 0 Å². The van der Waals surface area contributed by atoms with Gasteiger partial charge in [-0.15, -0.1) is 11.3 Å². The highest BCUT2D eigenvalue weighted by atomic mass is 32.2. The third-order valence-corrected chi connectivity index (χ3v) is 3.40. The maximum Gasteiger partial charge on any atom is 0.0900 e. The van der Waals surface area contributed by atoms with Crippen LogP contribution in [0.15, 0.2) is 35.4 Å². The molecule has 14 heavy (non-hydrogen) atoms. The molecule has 0 bridgehead atoms. The van der Waals surface area contributed by atoms with Crippen LogP contribution in [0.5, 0.6) is 0 Å². The average molecular weight is 222 g/mol. The van der Waals surface area contributed by atoms with E-state index in [-0.39, 0.29) is 0 Å². The molecule has 0 saturated heterocycles. The number of rotatable bonds is 2. The predicted octanol–water partition coefficient (Wildman–Crippen LogP) is 3.08. The van der Waals surface area contributed by atoms with E-state index in [2.05, 4.69) is 17.1 Å². The van der Waals surface area contributed by atoms with E-state index in [4.69, 9.17) is 5.14 Å². The molecule has 2 rings (SSSR count). The quantitative estimate of drug-likeness (QED) is 0.794. The molecule has 1 aromatic heterocycles. The van der Waals surface area contributed by atoms with E-state index < -0.39 is 0 Å². The van der Waals surface area contributed by atoms with Gasteiger partial charge >= 0.3 is 0 Å². The fraction of sp³-hybridized carbons (Fsp3) is 0.100. The lowest BCUT2D eigenvalue weighted by Crippen LogP contribution is -1.79. The van der Waals surface area contributed by atoms with Gasteiger partial charge in [0.05, 0.1) is 9.88 Å². The molecular weight excluding hydrogens is 212 g/mol. The van der Waals surface area contributed by atoms with Crippen LogP contribution >= 0.6 is 23.3 Å². The molecule has 0 atom stereocenters. The molecule has 2 aromatic rings. The van der Waals surface area contributed by atoms with Crippen molar-refractivity contribution in [2.45, 2.75) is 11.8 Å². The van der Waals surface area contributed by atoms with Crippen molar-refractivity contribution in [2.75, 3.05) is 0 Å². The summed E-state index contributed by atoms with van der Waals surface area (Å²) < 4.78 is 0. The summed E-state index contributed by atoms with van der Waals surface area (Å²) in [5, 5.41) is 6.54. The summed E-state index contributed by atoms with van der Waals surface area (Å²) in [4.78, 5) is 6.51. The minimum atomic E-state index is 1.08. The maximum atomic E-state index is 5.45. The van der Waals surface area contributed by atoms with Gasteiger partial charge in [0.2, 0.25) is 0 Å². The largest absolute Gasteiger partial charge is 0.274 e. The Hall–Kier alpha value is -0.840. The van der Waals surface area contributed by atoms with E-state index in [0.717, 1.165) is 9.90 Å². The third kappa shape index (κ3) is 1.97. The van der Waals surface area contributed by atoms with E-state index in [1.807, 2.05) is 25.3 Å². The fourth-order valence-corrected chi connectivity index (χ4v) is 2.27. The fourth-order valence-electron chi connectivity index (χ4n) is 1.19. The Morgan fingerprint density at radius 3 is 2.50 bits per heavy atom. The van der Waals surface area contributed by atoms with Gasteiger partial charge in [-0.05, 0) is 36.6 Å². The predicted molar refractivity (Wildman–Crippen MR) is 62.3 cm³/mol. The summed E-state index contributed by atoms with van der Waals surface area (Å²) >= 11 is 2.97. The molecule has 0 radical (unpaired) electrons. The minimum Gasteiger partial charge on any atom is -0.274 e. The van der Waals surface area contributed by atoms with Gasteiger partial charge in [0, 0.05) is 11.1 Å². The zero-order valence-electron chi connectivity index (χ0n) is 7.73. The van der Waals surface area contributed by atoms with Gasteiger partial charge in [-0.2, -0.15) is 0 Å². The number of nitrogens with two attached hydrogens (primary N) is 1. The molecule has 0 unspecified atom stereocenters. The van der Waals surface area contributed by atoms with Crippen LogP contribution in [0.25, 0.3) is 10.4 Å². The molecule has 0 aliphatic carbocycles. The van der Waals surface area contributed by atoms with Crippen molar-refractivity contribution in [1.29, 1.82) is 0 Å².